The van der Waals surface area contributed by atoms with Gasteiger partial charge in [-0.15, -0.1) is 5.10 Å². The first-order valence-electron chi connectivity index (χ1n) is 7.92. The van der Waals surface area contributed by atoms with Gasteiger partial charge in [0.25, 0.3) is 5.88 Å². The van der Waals surface area contributed by atoms with Gasteiger partial charge >= 0.3 is 11.9 Å². The van der Waals surface area contributed by atoms with E-state index in [4.69, 9.17) is 21.1 Å². The van der Waals surface area contributed by atoms with Crippen LogP contribution in [0.4, 0.5) is 18.9 Å². The summed E-state index contributed by atoms with van der Waals surface area (Å²) >= 11 is 5.76. The zero-order valence-corrected chi connectivity index (χ0v) is 15.5. The molecular formula is C18H12ClF3N3O4. The third kappa shape index (κ3) is 4.27. The molecule has 0 spiro atoms. The Kier molecular flexibility index (Phi) is 5.38. The van der Waals surface area contributed by atoms with Gasteiger partial charge in [-0.25, -0.2) is 0 Å². The fraction of sp³-hybridized carbons (Fsp3) is 0.111. The molecule has 0 fully saturated rings. The Morgan fingerprint density at radius 3 is 2.45 bits per heavy atom. The fourth-order valence-corrected chi connectivity index (χ4v) is 2.78. The summed E-state index contributed by atoms with van der Waals surface area (Å²) in [6.45, 7) is 3.77. The summed E-state index contributed by atoms with van der Waals surface area (Å²) in [5.74, 6) is -0.477. The van der Waals surface area contributed by atoms with Crippen molar-refractivity contribution in [2.75, 3.05) is 0 Å². The van der Waals surface area contributed by atoms with Crippen molar-refractivity contribution in [3.8, 4) is 23.1 Å². The monoisotopic (exact) mass is 426 g/mol. The van der Waals surface area contributed by atoms with Gasteiger partial charge in [0.1, 0.15) is 16.5 Å². The molecule has 0 unspecified atom stereocenters. The Morgan fingerprint density at radius 2 is 1.86 bits per heavy atom. The van der Waals surface area contributed by atoms with E-state index in [0.717, 1.165) is 19.2 Å². The summed E-state index contributed by atoms with van der Waals surface area (Å²) in [6, 6.07) is 10.0. The molecule has 0 amide bonds. The zero-order valence-electron chi connectivity index (χ0n) is 14.7. The molecule has 1 radical (unpaired) electrons. The number of aromatic nitrogens is 2. The third-order valence-corrected chi connectivity index (χ3v) is 4.10. The number of halogens is 4. The second kappa shape index (κ2) is 7.63. The zero-order chi connectivity index (χ0) is 21.3. The van der Waals surface area contributed by atoms with Crippen molar-refractivity contribution >= 4 is 17.3 Å². The Balaban J connectivity index is 1.98. The van der Waals surface area contributed by atoms with Gasteiger partial charge in [0.2, 0.25) is 5.75 Å². The molecule has 0 N–H and O–H groups in total. The molecule has 0 atom stereocenters. The van der Waals surface area contributed by atoms with Crippen molar-refractivity contribution in [2.24, 2.45) is 7.05 Å². The van der Waals surface area contributed by atoms with Crippen molar-refractivity contribution in [2.45, 2.75) is 6.18 Å². The number of aryl methyl sites for hydroxylation is 1. The molecule has 29 heavy (non-hydrogen) atoms. The van der Waals surface area contributed by atoms with Crippen LogP contribution in [0.5, 0.6) is 23.1 Å². The van der Waals surface area contributed by atoms with Crippen molar-refractivity contribution in [3.05, 3.63) is 75.8 Å². The molecule has 0 saturated heterocycles. The molecule has 0 aliphatic carbocycles. The van der Waals surface area contributed by atoms with Gasteiger partial charge in [0.15, 0.2) is 5.69 Å². The minimum absolute atomic E-state index is 0.0548. The maximum absolute atomic E-state index is 13.0. The third-order valence-electron chi connectivity index (χ3n) is 3.76. The van der Waals surface area contributed by atoms with Crippen LogP contribution in [-0.4, -0.2) is 14.7 Å². The topological polar surface area (TPSA) is 79.4 Å². The van der Waals surface area contributed by atoms with Crippen molar-refractivity contribution in [1.29, 1.82) is 0 Å². The number of hydrogen-bond donors (Lipinski definition) is 0. The lowest BCUT2D eigenvalue weighted by Crippen LogP contribution is -2.12. The van der Waals surface area contributed by atoms with Crippen LogP contribution in [0, 0.1) is 17.0 Å². The van der Waals surface area contributed by atoms with Crippen LogP contribution in [0.3, 0.4) is 0 Å². The van der Waals surface area contributed by atoms with Crippen LogP contribution in [0.25, 0.3) is 0 Å². The summed E-state index contributed by atoms with van der Waals surface area (Å²) < 4.78 is 50.6. The number of ether oxygens (including phenoxy) is 2. The number of hydrogen-bond acceptors (Lipinski definition) is 5. The van der Waals surface area contributed by atoms with E-state index < -0.39 is 27.7 Å². The van der Waals surface area contributed by atoms with E-state index >= 15 is 0 Å². The number of para-hydroxylation sites is 1. The highest BCUT2D eigenvalue weighted by atomic mass is 35.5. The van der Waals surface area contributed by atoms with Crippen molar-refractivity contribution in [3.63, 3.8) is 0 Å². The van der Waals surface area contributed by atoms with Crippen LogP contribution in [0.1, 0.15) is 11.3 Å². The molecule has 3 aromatic rings. The highest BCUT2D eigenvalue weighted by molar-refractivity contribution is 6.32. The average Bonchev–Trinajstić information content (AvgIpc) is 2.90. The Labute approximate surface area is 167 Å². The lowest BCUT2D eigenvalue weighted by Gasteiger charge is -2.10. The minimum Gasteiger partial charge on any atom is -0.450 e. The predicted octanol–water partition coefficient (Wildman–Crippen LogP) is 5.77. The van der Waals surface area contributed by atoms with E-state index in [9.17, 15) is 23.3 Å². The van der Waals surface area contributed by atoms with Gasteiger partial charge in [0, 0.05) is 19.2 Å². The van der Waals surface area contributed by atoms with Crippen LogP contribution in [0.15, 0.2) is 42.5 Å². The molecule has 0 saturated carbocycles. The Hall–Kier alpha value is -3.27. The molecule has 3 rings (SSSR count). The summed E-state index contributed by atoms with van der Waals surface area (Å²) in [5, 5.41) is 14.2. The standard InChI is InChI=1S/C18H12ClF3N3O4/c1-10-5-3-4-6-13(10)29-14-9-11(7-8-12(14)25(26)27)28-17-15(19)16(18(20,21)22)24(2)23-17/h3-9H,1H2,2H3. The maximum atomic E-state index is 13.0. The van der Waals surface area contributed by atoms with Crippen molar-refractivity contribution in [1.82, 2.24) is 9.78 Å². The number of nitro groups is 1. The molecule has 7 nitrogen and oxygen atoms in total. The normalized spacial score (nSPS) is 11.4. The number of nitrogens with zero attached hydrogens (tertiary/aromatic N) is 3. The second-order valence-corrected chi connectivity index (χ2v) is 6.17. The molecule has 151 valence electrons. The van der Waals surface area contributed by atoms with Crippen LogP contribution in [-0.2, 0) is 13.2 Å². The molecule has 0 aliphatic heterocycles. The van der Waals surface area contributed by atoms with Gasteiger partial charge in [-0.2, -0.15) is 13.2 Å². The number of nitro benzene ring substituents is 1. The molecular weight excluding hydrogens is 415 g/mol. The lowest BCUT2D eigenvalue weighted by atomic mass is 10.2. The summed E-state index contributed by atoms with van der Waals surface area (Å²) in [7, 11) is 1.07. The SMILES string of the molecule is [CH2]c1ccccc1Oc1cc(Oc2nn(C)c(C(F)(F)F)c2Cl)ccc1[N+](=O)[O-]. The smallest absolute Gasteiger partial charge is 0.434 e. The van der Waals surface area contributed by atoms with Gasteiger partial charge in [0.05, 0.1) is 4.92 Å². The first kappa shape index (κ1) is 20.5. The number of benzene rings is 2. The lowest BCUT2D eigenvalue weighted by molar-refractivity contribution is -0.385. The van der Waals surface area contributed by atoms with E-state index in [-0.39, 0.29) is 22.9 Å². The number of alkyl halides is 3. The predicted molar refractivity (Wildman–Crippen MR) is 97.4 cm³/mol. The summed E-state index contributed by atoms with van der Waals surface area (Å²) in [4.78, 5) is 10.6. The Morgan fingerprint density at radius 1 is 1.17 bits per heavy atom. The fourth-order valence-electron chi connectivity index (χ4n) is 2.47. The minimum atomic E-state index is -4.73. The molecule has 1 heterocycles. The molecule has 0 aliphatic rings. The largest absolute Gasteiger partial charge is 0.450 e. The second-order valence-electron chi connectivity index (χ2n) is 5.79. The maximum Gasteiger partial charge on any atom is 0.434 e. The van der Waals surface area contributed by atoms with E-state index in [2.05, 4.69) is 12.0 Å². The van der Waals surface area contributed by atoms with E-state index in [1.165, 1.54) is 6.07 Å². The van der Waals surface area contributed by atoms with Gasteiger partial charge < -0.3 is 9.47 Å². The molecule has 1 aromatic heterocycles. The van der Waals surface area contributed by atoms with Gasteiger partial charge in [-0.3, -0.25) is 14.8 Å². The molecule has 11 heteroatoms. The van der Waals surface area contributed by atoms with E-state index in [1.54, 1.807) is 24.3 Å². The molecule has 0 bridgehead atoms. The highest BCUT2D eigenvalue weighted by Crippen LogP contribution is 2.42. The van der Waals surface area contributed by atoms with Gasteiger partial charge in [-0.05, 0) is 24.6 Å². The van der Waals surface area contributed by atoms with Gasteiger partial charge in [-0.1, -0.05) is 29.8 Å². The summed E-state index contributed by atoms with van der Waals surface area (Å²) in [5.41, 5.74) is -1.07. The number of rotatable bonds is 5. The quantitative estimate of drug-likeness (QED) is 0.382. The van der Waals surface area contributed by atoms with Crippen LogP contribution in [0.2, 0.25) is 5.02 Å². The van der Waals surface area contributed by atoms with E-state index in [0.29, 0.717) is 10.2 Å². The van der Waals surface area contributed by atoms with Crippen LogP contribution >= 0.6 is 11.6 Å². The first-order chi connectivity index (χ1) is 13.6. The Bertz CT molecular complexity index is 1080. The van der Waals surface area contributed by atoms with Crippen molar-refractivity contribution < 1.29 is 27.6 Å². The van der Waals surface area contributed by atoms with E-state index in [1.807, 2.05) is 0 Å². The first-order valence-corrected chi connectivity index (χ1v) is 8.30. The summed E-state index contributed by atoms with van der Waals surface area (Å²) in [6.07, 6.45) is -4.73. The average molecular weight is 427 g/mol. The van der Waals surface area contributed by atoms with Crippen LogP contribution < -0.4 is 9.47 Å². The highest BCUT2D eigenvalue weighted by Gasteiger charge is 2.39. The molecule has 2 aromatic carbocycles.